The summed E-state index contributed by atoms with van der Waals surface area (Å²) in [6, 6.07) is 7.23. The molecular weight excluding hydrogens is 268 g/mol. The van der Waals surface area contributed by atoms with Gasteiger partial charge in [0.05, 0.1) is 12.1 Å². The average Bonchev–Trinajstić information content (AvgIpc) is 2.39. The van der Waals surface area contributed by atoms with Crippen LogP contribution in [0.5, 0.6) is 0 Å². The molecule has 0 saturated heterocycles. The Kier molecular flexibility index (Phi) is 4.38. The zero-order valence-corrected chi connectivity index (χ0v) is 12.5. The number of carbonyl (C=O) groups excluding carboxylic acids is 1. The number of carbonyl (C=O) groups is 1. The lowest BCUT2D eigenvalue weighted by Gasteiger charge is -2.32. The Labute approximate surface area is 124 Å². The van der Waals surface area contributed by atoms with Crippen molar-refractivity contribution in [3.05, 3.63) is 45.8 Å². The van der Waals surface area contributed by atoms with Gasteiger partial charge in [-0.05, 0) is 50.3 Å². The van der Waals surface area contributed by atoms with Crippen molar-refractivity contribution in [3.63, 3.8) is 0 Å². The van der Waals surface area contributed by atoms with Crippen molar-refractivity contribution in [2.75, 3.05) is 0 Å². The molecule has 0 aromatic heterocycles. The highest BCUT2D eigenvalue weighted by Gasteiger charge is 2.31. The van der Waals surface area contributed by atoms with Gasteiger partial charge in [-0.1, -0.05) is 29.4 Å². The molecule has 6 nitrogen and oxygen atoms in total. The molecule has 21 heavy (non-hydrogen) atoms. The Morgan fingerprint density at radius 1 is 1.43 bits per heavy atom. The Hall–Kier alpha value is -2.20. The first kappa shape index (κ1) is 15.2. The first-order valence-corrected chi connectivity index (χ1v) is 7.02. The summed E-state index contributed by atoms with van der Waals surface area (Å²) in [4.78, 5) is 14.9. The summed E-state index contributed by atoms with van der Waals surface area (Å²) < 4.78 is 5.30. The molecular formula is C15H20N4O2. The minimum Gasteiger partial charge on any atom is -0.444 e. The van der Waals surface area contributed by atoms with Crippen LogP contribution in [0.4, 0.5) is 4.79 Å². The van der Waals surface area contributed by atoms with Crippen LogP contribution in [0.25, 0.3) is 10.4 Å². The van der Waals surface area contributed by atoms with Gasteiger partial charge in [-0.15, -0.1) is 0 Å². The van der Waals surface area contributed by atoms with Crippen LogP contribution in [0.3, 0.4) is 0 Å². The summed E-state index contributed by atoms with van der Waals surface area (Å²) in [6.45, 7) is 5.44. The average molecular weight is 288 g/mol. The highest BCUT2D eigenvalue weighted by molar-refractivity contribution is 5.68. The molecule has 1 amide bonds. The van der Waals surface area contributed by atoms with E-state index in [-0.39, 0.29) is 12.1 Å². The van der Waals surface area contributed by atoms with Crippen LogP contribution in [0.2, 0.25) is 0 Å². The van der Waals surface area contributed by atoms with Gasteiger partial charge in [-0.2, -0.15) is 0 Å². The van der Waals surface area contributed by atoms with Crippen LogP contribution in [0.15, 0.2) is 29.4 Å². The molecule has 1 aromatic rings. The summed E-state index contributed by atoms with van der Waals surface area (Å²) in [5.74, 6) is 0. The molecule has 0 heterocycles. The number of ether oxygens (including phenoxy) is 1. The second-order valence-electron chi connectivity index (χ2n) is 6.13. The molecule has 1 aromatic carbocycles. The van der Waals surface area contributed by atoms with Crippen LogP contribution in [0.1, 0.15) is 44.4 Å². The molecule has 1 aliphatic rings. The van der Waals surface area contributed by atoms with E-state index in [1.807, 2.05) is 45.0 Å². The molecule has 6 heteroatoms. The number of amides is 1. The van der Waals surface area contributed by atoms with Gasteiger partial charge in [0.2, 0.25) is 0 Å². The van der Waals surface area contributed by atoms with Gasteiger partial charge >= 0.3 is 6.09 Å². The number of hydrogen-bond acceptors (Lipinski definition) is 3. The van der Waals surface area contributed by atoms with Crippen LogP contribution in [-0.4, -0.2) is 17.7 Å². The number of alkyl carbamates (subject to hydrolysis) is 1. The van der Waals surface area contributed by atoms with E-state index in [0.717, 1.165) is 12.0 Å². The highest BCUT2D eigenvalue weighted by Crippen LogP contribution is 2.32. The van der Waals surface area contributed by atoms with Crippen molar-refractivity contribution in [3.8, 4) is 0 Å². The van der Waals surface area contributed by atoms with Gasteiger partial charge in [0.25, 0.3) is 0 Å². The third-order valence-electron chi connectivity index (χ3n) is 3.36. The number of hydrogen-bond donors (Lipinski definition) is 1. The fourth-order valence-electron chi connectivity index (χ4n) is 2.54. The second kappa shape index (κ2) is 6.06. The van der Waals surface area contributed by atoms with E-state index in [2.05, 4.69) is 15.3 Å². The topological polar surface area (TPSA) is 87.1 Å². The zero-order valence-electron chi connectivity index (χ0n) is 12.5. The lowest BCUT2D eigenvalue weighted by atomic mass is 9.84. The molecule has 1 aliphatic carbocycles. The molecule has 0 fully saturated rings. The van der Waals surface area contributed by atoms with Gasteiger partial charge in [0, 0.05) is 4.91 Å². The first-order chi connectivity index (χ1) is 9.90. The van der Waals surface area contributed by atoms with Gasteiger partial charge in [0.1, 0.15) is 5.60 Å². The molecule has 1 N–H and O–H groups in total. The fourth-order valence-corrected chi connectivity index (χ4v) is 2.54. The Morgan fingerprint density at radius 2 is 2.14 bits per heavy atom. The maximum absolute atomic E-state index is 12.0. The fraction of sp³-hybridized carbons (Fsp3) is 0.533. The lowest BCUT2D eigenvalue weighted by Crippen LogP contribution is -2.41. The normalized spacial score (nSPS) is 20.9. The van der Waals surface area contributed by atoms with E-state index in [4.69, 9.17) is 10.3 Å². The molecule has 0 unspecified atom stereocenters. The van der Waals surface area contributed by atoms with E-state index >= 15 is 0 Å². The number of fused-ring (bicyclic) bond motifs is 1. The Balaban J connectivity index is 2.24. The van der Waals surface area contributed by atoms with Gasteiger partial charge < -0.3 is 10.1 Å². The molecule has 2 rings (SSSR count). The molecule has 0 radical (unpaired) electrons. The predicted octanol–water partition coefficient (Wildman–Crippen LogP) is 3.88. The van der Waals surface area contributed by atoms with Gasteiger partial charge in [-0.25, -0.2) is 4.79 Å². The summed E-state index contributed by atoms with van der Waals surface area (Å²) in [5, 5.41) is 6.66. The van der Waals surface area contributed by atoms with Crippen molar-refractivity contribution in [1.29, 1.82) is 0 Å². The maximum atomic E-state index is 12.0. The van der Waals surface area contributed by atoms with Crippen molar-refractivity contribution >= 4 is 6.09 Å². The SMILES string of the molecule is CC(C)(C)OC(=O)N[C@@H]1c2ccccc2CC[C@@H]1N=[N+]=[N-]. The molecule has 2 atom stereocenters. The van der Waals surface area contributed by atoms with Crippen LogP contribution in [-0.2, 0) is 11.2 Å². The van der Waals surface area contributed by atoms with Crippen LogP contribution < -0.4 is 5.32 Å². The second-order valence-corrected chi connectivity index (χ2v) is 6.13. The molecule has 0 spiro atoms. The summed E-state index contributed by atoms with van der Waals surface area (Å²) in [7, 11) is 0. The number of benzene rings is 1. The summed E-state index contributed by atoms with van der Waals surface area (Å²) in [5.41, 5.74) is 10.3. The standard InChI is InChI=1S/C15H20N4O2/c1-15(2,3)21-14(20)17-13-11-7-5-4-6-10(11)8-9-12(13)18-19-16/h4-7,12-13H,8-9H2,1-3H3,(H,17,20)/t12-,13+/m0/s1. The number of nitrogens with one attached hydrogen (secondary N) is 1. The van der Waals surface area contributed by atoms with Gasteiger partial charge in [0.15, 0.2) is 0 Å². The first-order valence-electron chi connectivity index (χ1n) is 7.02. The maximum Gasteiger partial charge on any atom is 0.408 e. The number of nitrogens with zero attached hydrogens (tertiary/aromatic N) is 3. The highest BCUT2D eigenvalue weighted by atomic mass is 16.6. The minimum absolute atomic E-state index is 0.294. The molecule has 0 aliphatic heterocycles. The van der Waals surface area contributed by atoms with Crippen molar-refractivity contribution < 1.29 is 9.53 Å². The molecule has 0 saturated carbocycles. The number of rotatable bonds is 2. The van der Waals surface area contributed by atoms with E-state index in [0.29, 0.717) is 6.42 Å². The van der Waals surface area contributed by atoms with E-state index < -0.39 is 11.7 Å². The third kappa shape index (κ3) is 3.89. The van der Waals surface area contributed by atoms with Crippen LogP contribution in [0, 0.1) is 0 Å². The summed E-state index contributed by atoms with van der Waals surface area (Å²) in [6.07, 6.45) is 1.05. The third-order valence-corrected chi connectivity index (χ3v) is 3.36. The minimum atomic E-state index is -0.563. The smallest absolute Gasteiger partial charge is 0.408 e. The van der Waals surface area contributed by atoms with E-state index in [1.165, 1.54) is 5.56 Å². The Morgan fingerprint density at radius 3 is 2.81 bits per heavy atom. The Bertz CT molecular complexity index is 573. The summed E-state index contributed by atoms with van der Waals surface area (Å²) >= 11 is 0. The number of azide groups is 1. The van der Waals surface area contributed by atoms with E-state index in [1.54, 1.807) is 0 Å². The molecule has 112 valence electrons. The van der Waals surface area contributed by atoms with Gasteiger partial charge in [-0.3, -0.25) is 0 Å². The predicted molar refractivity (Wildman–Crippen MR) is 79.8 cm³/mol. The van der Waals surface area contributed by atoms with Crippen molar-refractivity contribution in [2.45, 2.75) is 51.3 Å². The monoisotopic (exact) mass is 288 g/mol. The molecule has 0 bridgehead atoms. The van der Waals surface area contributed by atoms with Crippen molar-refractivity contribution in [1.82, 2.24) is 5.32 Å². The van der Waals surface area contributed by atoms with Crippen LogP contribution >= 0.6 is 0 Å². The van der Waals surface area contributed by atoms with E-state index in [9.17, 15) is 4.79 Å². The number of aryl methyl sites for hydroxylation is 1. The largest absolute Gasteiger partial charge is 0.444 e. The van der Waals surface area contributed by atoms with Crippen molar-refractivity contribution in [2.24, 2.45) is 5.11 Å². The lowest BCUT2D eigenvalue weighted by molar-refractivity contribution is 0.0492. The quantitative estimate of drug-likeness (QED) is 0.508. The zero-order chi connectivity index (χ0) is 15.5.